The molecule has 18 heavy (non-hydrogen) atoms. The van der Waals surface area contributed by atoms with Gasteiger partial charge in [0.2, 0.25) is 0 Å². The summed E-state index contributed by atoms with van der Waals surface area (Å²) < 4.78 is 0. The number of benzene rings is 1. The van der Waals surface area contributed by atoms with Crippen LogP contribution in [0, 0.1) is 12.8 Å². The van der Waals surface area contributed by atoms with Crippen LogP contribution >= 0.6 is 0 Å². The van der Waals surface area contributed by atoms with E-state index in [1.165, 1.54) is 37.2 Å². The number of fused-ring (bicyclic) bond motifs is 3. The van der Waals surface area contributed by atoms with Crippen LogP contribution in [0.15, 0.2) is 24.3 Å². The molecule has 98 valence electrons. The first kappa shape index (κ1) is 12.0. The summed E-state index contributed by atoms with van der Waals surface area (Å²) in [6.07, 6.45) is 2.58. The number of nitrogens with one attached hydrogen (secondary N) is 1. The number of anilines is 1. The second-order valence-corrected chi connectivity index (χ2v) is 5.85. The van der Waals surface area contributed by atoms with Crippen molar-refractivity contribution in [2.45, 2.75) is 25.3 Å². The number of hydrogen-bond acceptors (Lipinski definition) is 3. The van der Waals surface area contributed by atoms with Gasteiger partial charge in [-0.25, -0.2) is 0 Å². The van der Waals surface area contributed by atoms with Gasteiger partial charge in [0.15, 0.2) is 0 Å². The number of nitrogens with two attached hydrogens (primary N) is 1. The molecule has 0 saturated carbocycles. The molecule has 0 amide bonds. The summed E-state index contributed by atoms with van der Waals surface area (Å²) in [5.41, 5.74) is 8.77. The smallest absolute Gasteiger partial charge is 0.0651 e. The first-order valence-corrected chi connectivity index (χ1v) is 7.00. The molecule has 0 radical (unpaired) electrons. The van der Waals surface area contributed by atoms with Crippen molar-refractivity contribution < 1.29 is 0 Å². The first-order chi connectivity index (χ1) is 8.73. The fourth-order valence-electron chi connectivity index (χ4n) is 3.58. The molecule has 2 bridgehead atoms. The van der Waals surface area contributed by atoms with Crippen molar-refractivity contribution >= 4 is 5.69 Å². The fraction of sp³-hybridized carbons (Fsp3) is 0.600. The molecular weight excluding hydrogens is 222 g/mol. The fourth-order valence-corrected chi connectivity index (χ4v) is 3.58. The molecule has 1 atom stereocenters. The summed E-state index contributed by atoms with van der Waals surface area (Å²) in [5, 5.41) is 3.78. The van der Waals surface area contributed by atoms with Crippen LogP contribution in [-0.4, -0.2) is 36.6 Å². The van der Waals surface area contributed by atoms with Crippen LogP contribution in [0.1, 0.15) is 18.4 Å². The average Bonchev–Trinajstić information content (AvgIpc) is 2.43. The Kier molecular flexibility index (Phi) is 3.04. The average molecular weight is 245 g/mol. The zero-order valence-corrected chi connectivity index (χ0v) is 11.2. The van der Waals surface area contributed by atoms with E-state index in [1.807, 2.05) is 0 Å². The van der Waals surface area contributed by atoms with Crippen LogP contribution in [0.3, 0.4) is 0 Å². The Morgan fingerprint density at radius 2 is 2.06 bits per heavy atom. The number of nitrogens with zero attached hydrogens (tertiary/aromatic N) is 1. The highest BCUT2D eigenvalue weighted by atomic mass is 15.2. The van der Waals surface area contributed by atoms with Crippen LogP contribution in [0.5, 0.6) is 0 Å². The maximum Gasteiger partial charge on any atom is 0.0651 e. The molecule has 0 aromatic heterocycles. The Hall–Kier alpha value is -1.06. The van der Waals surface area contributed by atoms with E-state index in [4.69, 9.17) is 5.73 Å². The van der Waals surface area contributed by atoms with Gasteiger partial charge in [0.25, 0.3) is 0 Å². The van der Waals surface area contributed by atoms with Crippen molar-refractivity contribution in [3.8, 4) is 0 Å². The standard InChI is InChI=1S/C15H23N3/c1-12-4-2-3-5-14(12)17-15(10-16)11-18-8-6-13(15)7-9-18/h2-5,13,17H,6-11,16H2,1H3. The minimum Gasteiger partial charge on any atom is -0.377 e. The monoisotopic (exact) mass is 245 g/mol. The largest absolute Gasteiger partial charge is 0.377 e. The third kappa shape index (κ3) is 1.91. The number of rotatable bonds is 3. The number of para-hydroxylation sites is 1. The molecule has 3 aliphatic heterocycles. The SMILES string of the molecule is Cc1ccccc1NC1(CN)CN2CCC1CC2. The van der Waals surface area contributed by atoms with Crippen LogP contribution in [0.2, 0.25) is 0 Å². The number of hydrogen-bond donors (Lipinski definition) is 2. The summed E-state index contributed by atoms with van der Waals surface area (Å²) >= 11 is 0. The Morgan fingerprint density at radius 3 is 2.61 bits per heavy atom. The first-order valence-electron chi connectivity index (χ1n) is 7.00. The lowest BCUT2D eigenvalue weighted by molar-refractivity contribution is 0.0449. The van der Waals surface area contributed by atoms with E-state index < -0.39 is 0 Å². The van der Waals surface area contributed by atoms with Gasteiger partial charge in [-0.3, -0.25) is 0 Å². The lowest BCUT2D eigenvalue weighted by Crippen LogP contribution is -2.66. The number of piperidine rings is 3. The predicted octanol–water partition coefficient (Wildman–Crippen LogP) is 1.83. The summed E-state index contributed by atoms with van der Waals surface area (Å²) in [7, 11) is 0. The Morgan fingerprint density at radius 1 is 1.33 bits per heavy atom. The molecular formula is C15H23N3. The van der Waals surface area contributed by atoms with Crippen LogP contribution in [0.4, 0.5) is 5.69 Å². The maximum absolute atomic E-state index is 6.13. The summed E-state index contributed by atoms with van der Waals surface area (Å²) in [6, 6.07) is 8.52. The van der Waals surface area contributed by atoms with Crippen LogP contribution < -0.4 is 11.1 Å². The van der Waals surface area contributed by atoms with Gasteiger partial charge in [-0.2, -0.15) is 0 Å². The zero-order valence-electron chi connectivity index (χ0n) is 11.2. The Balaban J connectivity index is 1.87. The highest BCUT2D eigenvalue weighted by Gasteiger charge is 2.45. The molecule has 3 saturated heterocycles. The van der Waals surface area contributed by atoms with E-state index in [1.54, 1.807) is 0 Å². The summed E-state index contributed by atoms with van der Waals surface area (Å²) in [6.45, 7) is 6.49. The second kappa shape index (κ2) is 4.56. The zero-order chi connectivity index (χ0) is 12.6. The van der Waals surface area contributed by atoms with Gasteiger partial charge in [-0.1, -0.05) is 18.2 Å². The van der Waals surface area contributed by atoms with Gasteiger partial charge < -0.3 is 16.0 Å². The molecule has 0 spiro atoms. The summed E-state index contributed by atoms with van der Waals surface area (Å²) in [5.74, 6) is 0.729. The van der Waals surface area contributed by atoms with Gasteiger partial charge >= 0.3 is 0 Å². The van der Waals surface area contributed by atoms with Crippen molar-refractivity contribution in [2.24, 2.45) is 11.7 Å². The lowest BCUT2D eigenvalue weighted by Gasteiger charge is -2.53. The van der Waals surface area contributed by atoms with Crippen molar-refractivity contribution in [3.63, 3.8) is 0 Å². The quantitative estimate of drug-likeness (QED) is 0.853. The third-order valence-electron chi connectivity index (χ3n) is 4.77. The normalized spacial score (nSPS) is 34.6. The Labute approximate surface area is 109 Å². The topological polar surface area (TPSA) is 41.3 Å². The van der Waals surface area contributed by atoms with Gasteiger partial charge in [0.05, 0.1) is 5.54 Å². The molecule has 4 rings (SSSR count). The van der Waals surface area contributed by atoms with Gasteiger partial charge in [-0.15, -0.1) is 0 Å². The third-order valence-corrected chi connectivity index (χ3v) is 4.77. The molecule has 3 aliphatic rings. The molecule has 3 N–H and O–H groups in total. The van der Waals surface area contributed by atoms with Crippen LogP contribution in [0.25, 0.3) is 0 Å². The maximum atomic E-state index is 6.13. The molecule has 0 aliphatic carbocycles. The highest BCUT2D eigenvalue weighted by Crippen LogP contribution is 2.37. The van der Waals surface area contributed by atoms with Crippen LogP contribution in [-0.2, 0) is 0 Å². The van der Waals surface area contributed by atoms with Crippen molar-refractivity contribution in [3.05, 3.63) is 29.8 Å². The van der Waals surface area contributed by atoms with E-state index in [-0.39, 0.29) is 5.54 Å². The van der Waals surface area contributed by atoms with Crippen molar-refractivity contribution in [1.82, 2.24) is 4.90 Å². The second-order valence-electron chi connectivity index (χ2n) is 5.85. The minimum absolute atomic E-state index is 0.0859. The van der Waals surface area contributed by atoms with E-state index >= 15 is 0 Å². The lowest BCUT2D eigenvalue weighted by atomic mass is 9.72. The highest BCUT2D eigenvalue weighted by molar-refractivity contribution is 5.53. The van der Waals surface area contributed by atoms with E-state index in [9.17, 15) is 0 Å². The van der Waals surface area contributed by atoms with Gasteiger partial charge in [0, 0.05) is 18.8 Å². The Bertz CT molecular complexity index is 424. The molecule has 3 heteroatoms. The molecule has 1 aromatic rings. The molecule has 1 aromatic carbocycles. The molecule has 3 nitrogen and oxygen atoms in total. The molecule has 3 fully saturated rings. The van der Waals surface area contributed by atoms with Crippen molar-refractivity contribution in [2.75, 3.05) is 31.5 Å². The minimum atomic E-state index is 0.0859. The van der Waals surface area contributed by atoms with E-state index in [0.717, 1.165) is 19.0 Å². The molecule has 3 heterocycles. The van der Waals surface area contributed by atoms with Gasteiger partial charge in [0.1, 0.15) is 0 Å². The van der Waals surface area contributed by atoms with E-state index in [2.05, 4.69) is 41.4 Å². The van der Waals surface area contributed by atoms with E-state index in [0.29, 0.717) is 0 Å². The predicted molar refractivity (Wildman–Crippen MR) is 75.8 cm³/mol. The summed E-state index contributed by atoms with van der Waals surface area (Å²) in [4.78, 5) is 2.55. The van der Waals surface area contributed by atoms with Gasteiger partial charge in [-0.05, 0) is 50.4 Å². The van der Waals surface area contributed by atoms with Crippen molar-refractivity contribution in [1.29, 1.82) is 0 Å². The number of aryl methyl sites for hydroxylation is 1. The molecule has 1 unspecified atom stereocenters.